The summed E-state index contributed by atoms with van der Waals surface area (Å²) in [6, 6.07) is 20.4. The first-order chi connectivity index (χ1) is 12.3. The van der Waals surface area contributed by atoms with Crippen molar-refractivity contribution >= 4 is 5.97 Å². The van der Waals surface area contributed by atoms with Gasteiger partial charge in [-0.1, -0.05) is 60.7 Å². The molecule has 3 nitrogen and oxygen atoms in total. The Labute approximate surface area is 150 Å². The number of ether oxygens (including phenoxy) is 1. The average molecular weight is 337 g/mol. The van der Waals surface area contributed by atoms with E-state index in [9.17, 15) is 4.79 Å². The van der Waals surface area contributed by atoms with Crippen molar-refractivity contribution in [3.8, 4) is 0 Å². The molecule has 2 aromatic carbocycles. The van der Waals surface area contributed by atoms with Gasteiger partial charge in [0.2, 0.25) is 0 Å². The SMILES string of the molecule is O=C(OCc1ccccc1)[C@H]1CC[C@H](CNCc2ccccc2)CC1. The topological polar surface area (TPSA) is 38.3 Å². The molecule has 25 heavy (non-hydrogen) atoms. The summed E-state index contributed by atoms with van der Waals surface area (Å²) in [5, 5.41) is 3.55. The lowest BCUT2D eigenvalue weighted by atomic mass is 9.82. The Balaban J connectivity index is 1.33. The largest absolute Gasteiger partial charge is 0.461 e. The highest BCUT2D eigenvalue weighted by Crippen LogP contribution is 2.29. The zero-order chi connectivity index (χ0) is 17.3. The van der Waals surface area contributed by atoms with Gasteiger partial charge < -0.3 is 10.1 Å². The van der Waals surface area contributed by atoms with Gasteiger partial charge in [-0.05, 0) is 49.3 Å². The maximum absolute atomic E-state index is 12.2. The monoisotopic (exact) mass is 337 g/mol. The lowest BCUT2D eigenvalue weighted by Gasteiger charge is -2.27. The lowest BCUT2D eigenvalue weighted by Crippen LogP contribution is -2.29. The second-order valence-corrected chi connectivity index (χ2v) is 6.93. The molecular formula is C22H27NO2. The van der Waals surface area contributed by atoms with Crippen LogP contribution in [0.4, 0.5) is 0 Å². The van der Waals surface area contributed by atoms with Crippen molar-refractivity contribution in [1.82, 2.24) is 5.32 Å². The Morgan fingerprint density at radius 3 is 2.12 bits per heavy atom. The van der Waals surface area contributed by atoms with E-state index in [1.54, 1.807) is 0 Å². The van der Waals surface area contributed by atoms with E-state index in [1.807, 2.05) is 36.4 Å². The second-order valence-electron chi connectivity index (χ2n) is 6.93. The van der Waals surface area contributed by atoms with Gasteiger partial charge in [0.05, 0.1) is 5.92 Å². The number of carbonyl (C=O) groups excluding carboxylic acids is 1. The molecule has 132 valence electrons. The van der Waals surface area contributed by atoms with Gasteiger partial charge in [0.25, 0.3) is 0 Å². The van der Waals surface area contributed by atoms with Crippen LogP contribution in [-0.2, 0) is 22.7 Å². The molecule has 1 N–H and O–H groups in total. The third-order valence-corrected chi connectivity index (χ3v) is 5.01. The number of carbonyl (C=O) groups is 1. The first-order valence-corrected chi connectivity index (χ1v) is 9.26. The predicted molar refractivity (Wildman–Crippen MR) is 99.8 cm³/mol. The maximum Gasteiger partial charge on any atom is 0.309 e. The molecule has 3 heteroatoms. The molecule has 1 fully saturated rings. The fourth-order valence-electron chi connectivity index (χ4n) is 3.47. The number of nitrogens with one attached hydrogen (secondary N) is 1. The van der Waals surface area contributed by atoms with E-state index in [4.69, 9.17) is 4.74 Å². The van der Waals surface area contributed by atoms with Gasteiger partial charge in [-0.15, -0.1) is 0 Å². The quantitative estimate of drug-likeness (QED) is 0.765. The van der Waals surface area contributed by atoms with Crippen LogP contribution in [-0.4, -0.2) is 12.5 Å². The van der Waals surface area contributed by atoms with Gasteiger partial charge in [-0.2, -0.15) is 0 Å². The van der Waals surface area contributed by atoms with Crippen LogP contribution < -0.4 is 5.32 Å². The van der Waals surface area contributed by atoms with Crippen molar-refractivity contribution in [3.05, 3.63) is 71.8 Å². The Bertz CT molecular complexity index is 634. The zero-order valence-electron chi connectivity index (χ0n) is 14.7. The van der Waals surface area contributed by atoms with Crippen molar-refractivity contribution in [3.63, 3.8) is 0 Å². The van der Waals surface area contributed by atoms with Gasteiger partial charge in [-0.3, -0.25) is 4.79 Å². The van der Waals surface area contributed by atoms with Crippen LogP contribution in [0, 0.1) is 11.8 Å². The molecule has 0 amide bonds. The van der Waals surface area contributed by atoms with Crippen LogP contribution >= 0.6 is 0 Å². The van der Waals surface area contributed by atoms with E-state index in [0.29, 0.717) is 12.5 Å². The standard InChI is InChI=1S/C22H27NO2/c24-22(25-17-20-9-5-2-6-10-20)21-13-11-19(12-14-21)16-23-15-18-7-3-1-4-8-18/h1-10,19,21,23H,11-17H2/t19-,21-. The van der Waals surface area contributed by atoms with Crippen LogP contribution in [0.5, 0.6) is 0 Å². The fraction of sp³-hybridized carbons (Fsp3) is 0.409. The summed E-state index contributed by atoms with van der Waals surface area (Å²) in [7, 11) is 0. The second kappa shape index (κ2) is 9.38. The Kier molecular flexibility index (Phi) is 6.63. The average Bonchev–Trinajstić information content (AvgIpc) is 2.68. The molecule has 0 atom stereocenters. The van der Waals surface area contributed by atoms with Crippen LogP contribution in [0.2, 0.25) is 0 Å². The summed E-state index contributed by atoms with van der Waals surface area (Å²) in [5.41, 5.74) is 2.37. The third kappa shape index (κ3) is 5.71. The van der Waals surface area contributed by atoms with Crippen molar-refractivity contribution in [2.24, 2.45) is 11.8 Å². The maximum atomic E-state index is 12.2. The summed E-state index contributed by atoms with van der Waals surface area (Å²) in [6.07, 6.45) is 4.11. The molecule has 0 aliphatic heterocycles. The van der Waals surface area contributed by atoms with Crippen LogP contribution in [0.1, 0.15) is 36.8 Å². The van der Waals surface area contributed by atoms with Gasteiger partial charge in [0.1, 0.15) is 6.61 Å². The van der Waals surface area contributed by atoms with E-state index in [1.165, 1.54) is 5.56 Å². The number of hydrogen-bond acceptors (Lipinski definition) is 3. The molecule has 0 radical (unpaired) electrons. The van der Waals surface area contributed by atoms with Gasteiger partial charge in [0.15, 0.2) is 0 Å². The van der Waals surface area contributed by atoms with Crippen molar-refractivity contribution in [2.45, 2.75) is 38.8 Å². The summed E-state index contributed by atoms with van der Waals surface area (Å²) in [4.78, 5) is 12.2. The van der Waals surface area contributed by atoms with Gasteiger partial charge >= 0.3 is 5.97 Å². The Morgan fingerprint density at radius 2 is 1.48 bits per heavy atom. The molecule has 1 saturated carbocycles. The molecule has 2 aromatic rings. The first-order valence-electron chi connectivity index (χ1n) is 9.26. The number of benzene rings is 2. The minimum Gasteiger partial charge on any atom is -0.461 e. The Hall–Kier alpha value is -2.13. The van der Waals surface area contributed by atoms with Crippen molar-refractivity contribution in [2.75, 3.05) is 6.54 Å². The van der Waals surface area contributed by atoms with Gasteiger partial charge in [0, 0.05) is 6.54 Å². The molecule has 3 rings (SSSR count). The van der Waals surface area contributed by atoms with E-state index in [2.05, 4.69) is 29.6 Å². The predicted octanol–water partition coefficient (Wildman–Crippen LogP) is 4.33. The summed E-state index contributed by atoms with van der Waals surface area (Å²) in [5.74, 6) is 0.718. The molecule has 0 unspecified atom stereocenters. The highest BCUT2D eigenvalue weighted by molar-refractivity contribution is 5.72. The van der Waals surface area contributed by atoms with E-state index in [0.717, 1.165) is 44.3 Å². The summed E-state index contributed by atoms with van der Waals surface area (Å²) >= 11 is 0. The van der Waals surface area contributed by atoms with Crippen LogP contribution in [0.15, 0.2) is 60.7 Å². The zero-order valence-corrected chi connectivity index (χ0v) is 14.7. The molecule has 0 heterocycles. The van der Waals surface area contributed by atoms with E-state index in [-0.39, 0.29) is 11.9 Å². The minimum atomic E-state index is -0.0282. The van der Waals surface area contributed by atoms with E-state index < -0.39 is 0 Å². The van der Waals surface area contributed by atoms with Crippen molar-refractivity contribution in [1.29, 1.82) is 0 Å². The highest BCUT2D eigenvalue weighted by Gasteiger charge is 2.27. The highest BCUT2D eigenvalue weighted by atomic mass is 16.5. The van der Waals surface area contributed by atoms with Crippen LogP contribution in [0.3, 0.4) is 0 Å². The van der Waals surface area contributed by atoms with Crippen LogP contribution in [0.25, 0.3) is 0 Å². The first kappa shape index (κ1) is 17.7. The number of esters is 1. The van der Waals surface area contributed by atoms with Gasteiger partial charge in [-0.25, -0.2) is 0 Å². The fourth-order valence-corrected chi connectivity index (χ4v) is 3.47. The number of hydrogen-bond donors (Lipinski definition) is 1. The number of rotatable bonds is 7. The summed E-state index contributed by atoms with van der Waals surface area (Å²) in [6.45, 7) is 2.33. The molecule has 0 spiro atoms. The molecule has 0 bridgehead atoms. The normalized spacial score (nSPS) is 20.2. The molecule has 0 aromatic heterocycles. The molecule has 1 aliphatic carbocycles. The summed E-state index contributed by atoms with van der Waals surface area (Å²) < 4.78 is 5.49. The molecule has 1 aliphatic rings. The van der Waals surface area contributed by atoms with E-state index >= 15 is 0 Å². The molecular weight excluding hydrogens is 310 g/mol. The lowest BCUT2D eigenvalue weighted by molar-refractivity contribution is -0.151. The van der Waals surface area contributed by atoms with Crippen molar-refractivity contribution < 1.29 is 9.53 Å². The minimum absolute atomic E-state index is 0.0282. The Morgan fingerprint density at radius 1 is 0.880 bits per heavy atom. The molecule has 0 saturated heterocycles. The third-order valence-electron chi connectivity index (χ3n) is 5.01. The smallest absolute Gasteiger partial charge is 0.309 e.